The van der Waals surface area contributed by atoms with Gasteiger partial charge < -0.3 is 10.2 Å². The summed E-state index contributed by atoms with van der Waals surface area (Å²) in [6, 6.07) is 6.11. The smallest absolute Gasteiger partial charge is 0.321 e. The van der Waals surface area contributed by atoms with Crippen LogP contribution in [0.5, 0.6) is 0 Å². The second-order valence-corrected chi connectivity index (χ2v) is 10.6. The summed E-state index contributed by atoms with van der Waals surface area (Å²) < 4.78 is 54.0. The van der Waals surface area contributed by atoms with Crippen LogP contribution in [0.2, 0.25) is 0 Å². The van der Waals surface area contributed by atoms with Crippen LogP contribution in [0, 0.1) is 0 Å². The summed E-state index contributed by atoms with van der Waals surface area (Å²) in [7, 11) is -8.12. The summed E-state index contributed by atoms with van der Waals surface area (Å²) in [5.41, 5.74) is 2.75. The molecule has 2 aromatic carbocycles. The van der Waals surface area contributed by atoms with Crippen molar-refractivity contribution in [1.29, 1.82) is 0 Å². The van der Waals surface area contributed by atoms with Crippen LogP contribution in [0.3, 0.4) is 0 Å². The zero-order valence-electron chi connectivity index (χ0n) is 16.5. The Morgan fingerprint density at radius 1 is 0.774 bits per heavy atom. The van der Waals surface area contributed by atoms with E-state index < -0.39 is 44.1 Å². The number of rotatable bonds is 8. The number of fused-ring (bicyclic) bond motifs is 3. The molecule has 1 aliphatic carbocycles. The van der Waals surface area contributed by atoms with Crippen molar-refractivity contribution in [2.75, 3.05) is 0 Å². The van der Waals surface area contributed by atoms with E-state index in [0.717, 1.165) is 11.1 Å². The third-order valence-corrected chi connectivity index (χ3v) is 7.93. The van der Waals surface area contributed by atoms with Gasteiger partial charge in [-0.25, -0.2) is 16.8 Å². The highest BCUT2D eigenvalue weighted by Gasteiger charge is 2.27. The fourth-order valence-electron chi connectivity index (χ4n) is 3.20. The van der Waals surface area contributed by atoms with Gasteiger partial charge in [0.25, 0.3) is 0 Å². The Labute approximate surface area is 179 Å². The van der Waals surface area contributed by atoms with Crippen LogP contribution in [0.1, 0.15) is 25.0 Å². The zero-order valence-corrected chi connectivity index (χ0v) is 18.1. The van der Waals surface area contributed by atoms with Gasteiger partial charge in [0.15, 0.2) is 0 Å². The first kappa shape index (κ1) is 22.9. The predicted molar refractivity (Wildman–Crippen MR) is 110 cm³/mol. The van der Waals surface area contributed by atoms with Crippen molar-refractivity contribution in [3.63, 3.8) is 0 Å². The molecule has 2 aromatic rings. The van der Waals surface area contributed by atoms with E-state index in [9.17, 15) is 26.4 Å². The Bertz CT molecular complexity index is 1190. The number of carbonyl (C=O) groups is 2. The number of carboxylic acids is 2. The molecule has 0 amide bonds. The standard InChI is InChI=1S/C19H20N2O8S2/c1-10(18(22)23)20-30(26,27)14-3-5-16-12(8-14)7-13-9-15(4-6-17(13)16)31(28,29)21-11(2)19(24)25/h3-6,8-11,20-21H,7H2,1-2H3,(H,22,23)(H,24,25)/t10-,11-/m0/s1. The molecule has 0 saturated carbocycles. The molecular weight excluding hydrogens is 448 g/mol. The molecule has 2 atom stereocenters. The minimum absolute atomic E-state index is 0.100. The van der Waals surface area contributed by atoms with Gasteiger partial charge in [-0.15, -0.1) is 0 Å². The van der Waals surface area contributed by atoms with Gasteiger partial charge in [-0.2, -0.15) is 9.44 Å². The van der Waals surface area contributed by atoms with Gasteiger partial charge in [0.05, 0.1) is 9.79 Å². The number of sulfonamides is 2. The average Bonchev–Trinajstić information content (AvgIpc) is 3.04. The first-order chi connectivity index (χ1) is 14.3. The van der Waals surface area contributed by atoms with Crippen molar-refractivity contribution in [2.24, 2.45) is 0 Å². The van der Waals surface area contributed by atoms with E-state index in [4.69, 9.17) is 10.2 Å². The van der Waals surface area contributed by atoms with Crippen molar-refractivity contribution >= 4 is 32.0 Å². The van der Waals surface area contributed by atoms with Gasteiger partial charge in [0.2, 0.25) is 20.0 Å². The molecule has 4 N–H and O–H groups in total. The van der Waals surface area contributed by atoms with Crippen LogP contribution in [0.4, 0.5) is 0 Å². The monoisotopic (exact) mass is 468 g/mol. The second kappa shape index (κ2) is 8.04. The summed E-state index contributed by atoms with van der Waals surface area (Å²) in [5.74, 6) is -2.62. The van der Waals surface area contributed by atoms with E-state index in [1.807, 2.05) is 0 Å². The summed E-state index contributed by atoms with van der Waals surface area (Å²) in [6.07, 6.45) is 0.264. The van der Waals surface area contributed by atoms with Crippen LogP contribution >= 0.6 is 0 Å². The van der Waals surface area contributed by atoms with Gasteiger partial charge >= 0.3 is 11.9 Å². The molecule has 0 aromatic heterocycles. The number of benzene rings is 2. The molecular formula is C19H20N2O8S2. The molecule has 0 radical (unpaired) electrons. The van der Waals surface area contributed by atoms with Crippen molar-refractivity contribution in [1.82, 2.24) is 9.44 Å². The highest BCUT2D eigenvalue weighted by molar-refractivity contribution is 7.89. The molecule has 0 bridgehead atoms. The molecule has 3 rings (SSSR count). The van der Waals surface area contributed by atoms with Crippen molar-refractivity contribution in [2.45, 2.75) is 42.1 Å². The lowest BCUT2D eigenvalue weighted by molar-refractivity contribution is -0.139. The quantitative estimate of drug-likeness (QED) is 0.376. The lowest BCUT2D eigenvalue weighted by atomic mass is 10.1. The lowest BCUT2D eigenvalue weighted by Crippen LogP contribution is -2.38. The first-order valence-electron chi connectivity index (χ1n) is 9.08. The Hall–Kier alpha value is -2.80. The minimum atomic E-state index is -4.06. The summed E-state index contributed by atoms with van der Waals surface area (Å²) in [6.45, 7) is 2.43. The Morgan fingerprint density at radius 2 is 1.13 bits per heavy atom. The zero-order chi connectivity index (χ0) is 23.1. The maximum Gasteiger partial charge on any atom is 0.321 e. The molecule has 12 heteroatoms. The van der Waals surface area contributed by atoms with Gasteiger partial charge in [0, 0.05) is 0 Å². The van der Waals surface area contributed by atoms with Gasteiger partial charge in [-0.1, -0.05) is 12.1 Å². The first-order valence-corrected chi connectivity index (χ1v) is 12.0. The van der Waals surface area contributed by atoms with Crippen molar-refractivity contribution in [3.05, 3.63) is 47.5 Å². The van der Waals surface area contributed by atoms with Crippen molar-refractivity contribution < 1.29 is 36.6 Å². The third-order valence-electron chi connectivity index (χ3n) is 4.85. The molecule has 31 heavy (non-hydrogen) atoms. The van der Waals surface area contributed by atoms with Gasteiger partial charge in [-0.3, -0.25) is 9.59 Å². The van der Waals surface area contributed by atoms with E-state index in [1.165, 1.54) is 38.1 Å². The molecule has 0 spiro atoms. The van der Waals surface area contributed by atoms with Crippen LogP contribution in [0.25, 0.3) is 11.1 Å². The summed E-state index contributed by atoms with van der Waals surface area (Å²) >= 11 is 0. The highest BCUT2D eigenvalue weighted by atomic mass is 32.2. The maximum absolute atomic E-state index is 12.5. The topological polar surface area (TPSA) is 167 Å². The molecule has 0 fully saturated rings. The van der Waals surface area contributed by atoms with Gasteiger partial charge in [0.1, 0.15) is 12.1 Å². The third kappa shape index (κ3) is 4.61. The Balaban J connectivity index is 1.91. The summed E-state index contributed by atoms with van der Waals surface area (Å²) in [5, 5.41) is 17.9. The molecule has 10 nitrogen and oxygen atoms in total. The van der Waals surface area contributed by atoms with E-state index in [-0.39, 0.29) is 16.2 Å². The van der Waals surface area contributed by atoms with Crippen LogP contribution in [-0.2, 0) is 36.1 Å². The van der Waals surface area contributed by atoms with Crippen LogP contribution in [0.15, 0.2) is 46.2 Å². The number of hydrogen-bond donors (Lipinski definition) is 4. The molecule has 0 aliphatic heterocycles. The van der Waals surface area contributed by atoms with E-state index >= 15 is 0 Å². The average molecular weight is 469 g/mol. The Morgan fingerprint density at radius 3 is 1.45 bits per heavy atom. The second-order valence-electron chi connectivity index (χ2n) is 7.18. The highest BCUT2D eigenvalue weighted by Crippen LogP contribution is 2.38. The molecule has 0 heterocycles. The van der Waals surface area contributed by atoms with Crippen molar-refractivity contribution in [3.8, 4) is 11.1 Å². The largest absolute Gasteiger partial charge is 0.480 e. The lowest BCUT2D eigenvalue weighted by Gasteiger charge is -2.11. The number of nitrogens with one attached hydrogen (secondary N) is 2. The normalized spacial score (nSPS) is 15.0. The molecule has 0 unspecified atom stereocenters. The predicted octanol–water partition coefficient (Wildman–Crippen LogP) is 0.761. The number of aliphatic carboxylic acids is 2. The molecule has 0 saturated heterocycles. The van der Waals surface area contributed by atoms with E-state index in [1.54, 1.807) is 12.1 Å². The maximum atomic E-state index is 12.5. The fourth-order valence-corrected chi connectivity index (χ4v) is 5.69. The number of hydrogen-bond acceptors (Lipinski definition) is 6. The Kier molecular flexibility index (Phi) is 5.93. The van der Waals surface area contributed by atoms with E-state index in [2.05, 4.69) is 9.44 Å². The van der Waals surface area contributed by atoms with Gasteiger partial charge in [-0.05, 0) is 66.8 Å². The van der Waals surface area contributed by atoms with Crippen LogP contribution < -0.4 is 9.44 Å². The minimum Gasteiger partial charge on any atom is -0.480 e. The molecule has 1 aliphatic rings. The van der Waals surface area contributed by atoms with Crippen LogP contribution in [-0.4, -0.2) is 51.1 Å². The summed E-state index contributed by atoms with van der Waals surface area (Å²) in [4.78, 5) is 21.7. The fraction of sp³-hybridized carbons (Fsp3) is 0.263. The van der Waals surface area contributed by atoms with E-state index in [0.29, 0.717) is 11.1 Å². The molecule has 166 valence electrons. The SMILES string of the molecule is C[C@H](NS(=O)(=O)c1ccc2c(c1)Cc1cc(S(=O)(=O)N[C@@H](C)C(=O)O)ccc1-2)C(=O)O. The number of carboxylic acid groups (broad SMARTS) is 2.